The highest BCUT2D eigenvalue weighted by Crippen LogP contribution is 2.31. The van der Waals surface area contributed by atoms with Gasteiger partial charge in [-0.3, -0.25) is 13.9 Å². The van der Waals surface area contributed by atoms with Crippen molar-refractivity contribution in [2.75, 3.05) is 10.8 Å². The van der Waals surface area contributed by atoms with E-state index in [1.54, 1.807) is 67.6 Å². The number of amides is 2. The quantitative estimate of drug-likeness (QED) is 0.166. The van der Waals surface area contributed by atoms with Crippen molar-refractivity contribution in [2.45, 2.75) is 57.1 Å². The van der Waals surface area contributed by atoms with Crippen LogP contribution in [0.5, 0.6) is 0 Å². The number of hydrogen-bond acceptors (Lipinski definition) is 4. The molecule has 45 heavy (non-hydrogen) atoms. The number of rotatable bonds is 13. The van der Waals surface area contributed by atoms with Gasteiger partial charge in [0.25, 0.3) is 10.0 Å². The lowest BCUT2D eigenvalue weighted by Gasteiger charge is -2.34. The van der Waals surface area contributed by atoms with Crippen LogP contribution in [-0.4, -0.2) is 43.8 Å². The van der Waals surface area contributed by atoms with Crippen LogP contribution < -0.4 is 9.62 Å². The van der Waals surface area contributed by atoms with Crippen molar-refractivity contribution in [3.05, 3.63) is 130 Å². The molecule has 0 aliphatic heterocycles. The third-order valence-corrected chi connectivity index (χ3v) is 10.2. The normalized spacial score (nSPS) is 12.6. The molecule has 1 N–H and O–H groups in total. The molecule has 0 aromatic heterocycles. The Morgan fingerprint density at radius 1 is 0.822 bits per heavy atom. The number of hydrogen-bond donors (Lipinski definition) is 1. The highest BCUT2D eigenvalue weighted by molar-refractivity contribution is 7.92. The minimum atomic E-state index is -4.23. The molecule has 0 unspecified atom stereocenters. The molecular weight excluding hydrogens is 629 g/mol. The molecule has 0 aliphatic rings. The van der Waals surface area contributed by atoms with Crippen molar-refractivity contribution in [2.24, 2.45) is 0 Å². The van der Waals surface area contributed by atoms with Gasteiger partial charge in [-0.2, -0.15) is 0 Å². The van der Waals surface area contributed by atoms with E-state index in [9.17, 15) is 18.0 Å². The lowest BCUT2D eigenvalue weighted by molar-refractivity contribution is -0.140. The molecule has 7 nitrogen and oxygen atoms in total. The van der Waals surface area contributed by atoms with E-state index in [0.29, 0.717) is 27.6 Å². The second-order valence-electron chi connectivity index (χ2n) is 10.8. The first-order chi connectivity index (χ1) is 21.5. The van der Waals surface area contributed by atoms with Crippen molar-refractivity contribution >= 4 is 50.7 Å². The Kier molecular flexibility index (Phi) is 11.7. The standard InChI is InChI=1S/C35H37Cl2N3O4S/c1-4-25(2)38-35(42)33(22-27-14-7-5-8-15-27)39(23-28-16-11-12-19-31(28)37)34(41)24-40(32-21-13-20-30(36)26(32)3)45(43,44)29-17-9-6-10-18-29/h5-21,25,33H,4,22-24H2,1-3H3,(H,38,42)/t25-,33-/m0/s1. The molecule has 2 atom stereocenters. The highest BCUT2D eigenvalue weighted by atomic mass is 35.5. The van der Waals surface area contributed by atoms with Gasteiger partial charge < -0.3 is 10.2 Å². The molecule has 0 aliphatic carbocycles. The molecule has 4 aromatic rings. The Hall–Kier alpha value is -3.85. The maximum atomic E-state index is 14.6. The van der Waals surface area contributed by atoms with Crippen molar-refractivity contribution in [3.8, 4) is 0 Å². The molecular formula is C35H37Cl2N3O4S. The Labute approximate surface area is 275 Å². The van der Waals surface area contributed by atoms with E-state index in [-0.39, 0.29) is 35.5 Å². The van der Waals surface area contributed by atoms with E-state index in [0.717, 1.165) is 9.87 Å². The van der Waals surface area contributed by atoms with Crippen LogP contribution in [0.3, 0.4) is 0 Å². The van der Waals surface area contributed by atoms with E-state index in [1.807, 2.05) is 44.2 Å². The third kappa shape index (κ3) is 8.45. The number of nitrogens with one attached hydrogen (secondary N) is 1. The molecule has 0 radical (unpaired) electrons. The Morgan fingerprint density at radius 3 is 2.07 bits per heavy atom. The largest absolute Gasteiger partial charge is 0.352 e. The second kappa shape index (κ2) is 15.4. The summed E-state index contributed by atoms with van der Waals surface area (Å²) in [7, 11) is -4.23. The average molecular weight is 667 g/mol. The van der Waals surface area contributed by atoms with E-state index in [2.05, 4.69) is 5.32 Å². The van der Waals surface area contributed by atoms with Crippen LogP contribution in [0.2, 0.25) is 10.0 Å². The molecule has 4 aromatic carbocycles. The maximum Gasteiger partial charge on any atom is 0.264 e. The monoisotopic (exact) mass is 665 g/mol. The molecule has 0 saturated carbocycles. The van der Waals surface area contributed by atoms with E-state index < -0.39 is 28.5 Å². The summed E-state index contributed by atoms with van der Waals surface area (Å²) < 4.78 is 29.4. The van der Waals surface area contributed by atoms with Crippen molar-refractivity contribution in [3.63, 3.8) is 0 Å². The smallest absolute Gasteiger partial charge is 0.264 e. The van der Waals surface area contributed by atoms with Crippen LogP contribution >= 0.6 is 23.2 Å². The maximum absolute atomic E-state index is 14.6. The molecule has 10 heteroatoms. The number of sulfonamides is 1. The molecule has 0 saturated heterocycles. The number of halogens is 2. The number of nitrogens with zero attached hydrogens (tertiary/aromatic N) is 2. The fourth-order valence-electron chi connectivity index (χ4n) is 4.90. The summed E-state index contributed by atoms with van der Waals surface area (Å²) in [5.41, 5.74) is 2.23. The molecule has 0 fully saturated rings. The van der Waals surface area contributed by atoms with Gasteiger partial charge >= 0.3 is 0 Å². The SMILES string of the molecule is CC[C@H](C)NC(=O)[C@H](Cc1ccccc1)N(Cc1ccccc1Cl)C(=O)CN(c1cccc(Cl)c1C)S(=O)(=O)c1ccccc1. The van der Waals surface area contributed by atoms with Gasteiger partial charge in [-0.1, -0.05) is 103 Å². The predicted molar refractivity (Wildman–Crippen MR) is 181 cm³/mol. The van der Waals surface area contributed by atoms with Gasteiger partial charge in [0.1, 0.15) is 12.6 Å². The predicted octanol–water partition coefficient (Wildman–Crippen LogP) is 7.05. The van der Waals surface area contributed by atoms with Crippen molar-refractivity contribution in [1.29, 1.82) is 0 Å². The lowest BCUT2D eigenvalue weighted by atomic mass is 10.0. The van der Waals surface area contributed by atoms with E-state index in [4.69, 9.17) is 23.2 Å². The first-order valence-electron chi connectivity index (χ1n) is 14.7. The van der Waals surface area contributed by atoms with Gasteiger partial charge in [0, 0.05) is 29.1 Å². The summed E-state index contributed by atoms with van der Waals surface area (Å²) >= 11 is 13.0. The number of anilines is 1. The van der Waals surface area contributed by atoms with Gasteiger partial charge in [-0.15, -0.1) is 0 Å². The Balaban J connectivity index is 1.84. The summed E-state index contributed by atoms with van der Waals surface area (Å²) in [4.78, 5) is 29.9. The van der Waals surface area contributed by atoms with Crippen LogP contribution in [0, 0.1) is 6.92 Å². The molecule has 0 heterocycles. The fraction of sp³-hybridized carbons (Fsp3) is 0.257. The first-order valence-corrected chi connectivity index (χ1v) is 16.9. The summed E-state index contributed by atoms with van der Waals surface area (Å²) in [5.74, 6) is -0.918. The van der Waals surface area contributed by atoms with E-state index in [1.165, 1.54) is 17.0 Å². The minimum Gasteiger partial charge on any atom is -0.352 e. The Morgan fingerprint density at radius 2 is 1.42 bits per heavy atom. The first kappa shape index (κ1) is 34.0. The number of carbonyl (C=O) groups excluding carboxylic acids is 2. The minimum absolute atomic E-state index is 0.0162. The molecule has 2 amide bonds. The fourth-order valence-corrected chi connectivity index (χ4v) is 6.76. The zero-order chi connectivity index (χ0) is 32.6. The van der Waals surface area contributed by atoms with Gasteiger partial charge in [-0.05, 0) is 67.3 Å². The second-order valence-corrected chi connectivity index (χ2v) is 13.5. The Bertz CT molecular complexity index is 1720. The highest BCUT2D eigenvalue weighted by Gasteiger charge is 2.35. The molecule has 4 rings (SSSR count). The van der Waals surface area contributed by atoms with Crippen molar-refractivity contribution in [1.82, 2.24) is 10.2 Å². The molecule has 0 bridgehead atoms. The number of benzene rings is 4. The molecule has 0 spiro atoms. The van der Waals surface area contributed by atoms with Gasteiger partial charge in [0.2, 0.25) is 11.8 Å². The van der Waals surface area contributed by atoms with Crippen LogP contribution in [0.25, 0.3) is 0 Å². The number of carbonyl (C=O) groups is 2. The van der Waals surface area contributed by atoms with Gasteiger partial charge in [0.05, 0.1) is 10.6 Å². The summed E-state index contributed by atoms with van der Waals surface area (Å²) in [5, 5.41) is 3.81. The lowest BCUT2D eigenvalue weighted by Crippen LogP contribution is -2.54. The zero-order valence-electron chi connectivity index (χ0n) is 25.5. The van der Waals surface area contributed by atoms with Crippen LogP contribution in [0.4, 0.5) is 5.69 Å². The van der Waals surface area contributed by atoms with Crippen LogP contribution in [0.1, 0.15) is 37.0 Å². The zero-order valence-corrected chi connectivity index (χ0v) is 27.8. The average Bonchev–Trinajstić information content (AvgIpc) is 3.04. The van der Waals surface area contributed by atoms with E-state index >= 15 is 0 Å². The van der Waals surface area contributed by atoms with Gasteiger partial charge in [0.15, 0.2) is 0 Å². The third-order valence-electron chi connectivity index (χ3n) is 7.69. The summed E-state index contributed by atoms with van der Waals surface area (Å²) in [6, 6.07) is 28.2. The van der Waals surface area contributed by atoms with Crippen molar-refractivity contribution < 1.29 is 18.0 Å². The topological polar surface area (TPSA) is 86.8 Å². The van der Waals surface area contributed by atoms with Crippen LogP contribution in [-0.2, 0) is 32.6 Å². The van der Waals surface area contributed by atoms with Crippen LogP contribution in [0.15, 0.2) is 108 Å². The summed E-state index contributed by atoms with van der Waals surface area (Å²) in [6.45, 7) is 4.97. The summed E-state index contributed by atoms with van der Waals surface area (Å²) in [6.07, 6.45) is 0.903. The van der Waals surface area contributed by atoms with Gasteiger partial charge in [-0.25, -0.2) is 8.42 Å². The molecule has 236 valence electrons.